The van der Waals surface area contributed by atoms with Gasteiger partial charge in [-0.15, -0.1) is 11.8 Å². The predicted molar refractivity (Wildman–Crippen MR) is 80.7 cm³/mol. The van der Waals surface area contributed by atoms with Crippen molar-refractivity contribution < 1.29 is 14.6 Å². The monoisotopic (exact) mass is 288 g/mol. The van der Waals surface area contributed by atoms with Crippen molar-refractivity contribution in [1.29, 1.82) is 0 Å². The van der Waals surface area contributed by atoms with Crippen molar-refractivity contribution in [2.45, 2.75) is 11.3 Å². The summed E-state index contributed by atoms with van der Waals surface area (Å²) in [5.74, 6) is 0.646. The molecule has 0 aromatic heterocycles. The molecule has 0 radical (unpaired) electrons. The van der Waals surface area contributed by atoms with Gasteiger partial charge in [-0.1, -0.05) is 24.3 Å². The molecule has 1 N–H and O–H groups in total. The van der Waals surface area contributed by atoms with Gasteiger partial charge in [-0.25, -0.2) is 4.79 Å². The smallest absolute Gasteiger partial charge is 0.335 e. The van der Waals surface area contributed by atoms with E-state index in [4.69, 9.17) is 9.84 Å². The minimum absolute atomic E-state index is 0.251. The van der Waals surface area contributed by atoms with Crippen molar-refractivity contribution in [3.63, 3.8) is 0 Å². The zero-order chi connectivity index (χ0) is 14.2. The summed E-state index contributed by atoms with van der Waals surface area (Å²) in [7, 11) is 0. The second kappa shape index (κ2) is 7.60. The van der Waals surface area contributed by atoms with Gasteiger partial charge in [-0.05, 0) is 36.8 Å². The highest BCUT2D eigenvalue weighted by Gasteiger charge is 2.03. The Hall–Kier alpha value is -1.94. The lowest BCUT2D eigenvalue weighted by Crippen LogP contribution is -2.01. The lowest BCUT2D eigenvalue weighted by Gasteiger charge is -2.06. The third-order valence-electron chi connectivity index (χ3n) is 2.65. The van der Waals surface area contributed by atoms with Gasteiger partial charge in [0.05, 0.1) is 12.2 Å². The molecule has 20 heavy (non-hydrogen) atoms. The van der Waals surface area contributed by atoms with E-state index in [1.165, 1.54) is 4.90 Å². The highest BCUT2D eigenvalue weighted by Crippen LogP contribution is 2.18. The molecule has 0 unspecified atom stereocenters. The number of hydrogen-bond acceptors (Lipinski definition) is 3. The van der Waals surface area contributed by atoms with Crippen molar-refractivity contribution in [3.8, 4) is 5.75 Å². The summed E-state index contributed by atoms with van der Waals surface area (Å²) < 4.78 is 5.56. The summed E-state index contributed by atoms with van der Waals surface area (Å²) in [5, 5.41) is 8.89. The Bertz CT molecular complexity index is 555. The number of carboxylic acids is 1. The zero-order valence-corrected chi connectivity index (χ0v) is 11.8. The lowest BCUT2D eigenvalue weighted by atomic mass is 10.2. The highest BCUT2D eigenvalue weighted by molar-refractivity contribution is 7.99. The van der Waals surface area contributed by atoms with E-state index in [-0.39, 0.29) is 5.56 Å². The van der Waals surface area contributed by atoms with E-state index in [0.29, 0.717) is 12.4 Å². The van der Waals surface area contributed by atoms with Gasteiger partial charge < -0.3 is 9.84 Å². The molecular formula is C16H16O3S. The number of hydrogen-bond donors (Lipinski definition) is 1. The van der Waals surface area contributed by atoms with Crippen LogP contribution in [0.4, 0.5) is 0 Å². The van der Waals surface area contributed by atoms with E-state index in [9.17, 15) is 4.79 Å². The molecule has 3 nitrogen and oxygen atoms in total. The molecular weight excluding hydrogens is 272 g/mol. The van der Waals surface area contributed by atoms with Crippen molar-refractivity contribution in [2.24, 2.45) is 0 Å². The Morgan fingerprint density at radius 3 is 2.65 bits per heavy atom. The molecule has 104 valence electrons. The Kier molecular flexibility index (Phi) is 5.50. The number of carbonyl (C=O) groups is 1. The van der Waals surface area contributed by atoms with Crippen molar-refractivity contribution in [2.75, 3.05) is 12.4 Å². The first kappa shape index (κ1) is 14.5. The molecule has 2 rings (SSSR count). The van der Waals surface area contributed by atoms with Crippen LogP contribution < -0.4 is 4.74 Å². The molecule has 0 amide bonds. The molecule has 0 aliphatic carbocycles. The van der Waals surface area contributed by atoms with E-state index in [1.54, 1.807) is 36.0 Å². The molecule has 0 aliphatic heterocycles. The molecule has 0 heterocycles. The maximum Gasteiger partial charge on any atom is 0.335 e. The number of rotatable bonds is 7. The van der Waals surface area contributed by atoms with Crippen LogP contribution in [0.1, 0.15) is 16.8 Å². The standard InChI is InChI=1S/C16H16O3S/c17-16(18)13-6-4-7-14(12-13)19-10-5-11-20-15-8-2-1-3-9-15/h1-4,6-9,12H,5,10-11H2,(H,17,18). The van der Waals surface area contributed by atoms with Gasteiger partial charge in [-0.3, -0.25) is 0 Å². The number of aromatic carboxylic acids is 1. The Morgan fingerprint density at radius 1 is 1.10 bits per heavy atom. The second-order valence-electron chi connectivity index (χ2n) is 4.20. The highest BCUT2D eigenvalue weighted by atomic mass is 32.2. The van der Waals surface area contributed by atoms with E-state index < -0.39 is 5.97 Å². The van der Waals surface area contributed by atoms with Crippen molar-refractivity contribution >= 4 is 17.7 Å². The minimum Gasteiger partial charge on any atom is -0.494 e. The Balaban J connectivity index is 1.71. The maximum atomic E-state index is 10.8. The van der Waals surface area contributed by atoms with E-state index in [1.807, 2.05) is 18.2 Å². The van der Waals surface area contributed by atoms with Gasteiger partial charge in [0.2, 0.25) is 0 Å². The van der Waals surface area contributed by atoms with Crippen LogP contribution in [-0.4, -0.2) is 23.4 Å². The number of benzene rings is 2. The third kappa shape index (κ3) is 4.63. The van der Waals surface area contributed by atoms with Crippen LogP contribution in [0, 0.1) is 0 Å². The molecule has 0 bridgehead atoms. The average Bonchev–Trinajstić information content (AvgIpc) is 2.48. The molecule has 4 heteroatoms. The van der Waals surface area contributed by atoms with Crippen LogP contribution in [0.3, 0.4) is 0 Å². The summed E-state index contributed by atoms with van der Waals surface area (Å²) in [6.07, 6.45) is 0.914. The topological polar surface area (TPSA) is 46.5 Å². The normalized spacial score (nSPS) is 10.2. The summed E-state index contributed by atoms with van der Waals surface area (Å²) in [6, 6.07) is 16.8. The molecule has 2 aromatic rings. The first-order valence-corrected chi connectivity index (χ1v) is 7.38. The molecule has 0 fully saturated rings. The van der Waals surface area contributed by atoms with Crippen LogP contribution in [0.25, 0.3) is 0 Å². The lowest BCUT2D eigenvalue weighted by molar-refractivity contribution is 0.0696. The Morgan fingerprint density at radius 2 is 1.90 bits per heavy atom. The van der Waals surface area contributed by atoms with Crippen LogP contribution in [-0.2, 0) is 0 Å². The van der Waals surface area contributed by atoms with Crippen LogP contribution in [0.2, 0.25) is 0 Å². The van der Waals surface area contributed by atoms with Gasteiger partial charge in [0.15, 0.2) is 0 Å². The molecule has 0 saturated heterocycles. The fraction of sp³-hybridized carbons (Fsp3) is 0.188. The molecule has 0 aliphatic rings. The van der Waals surface area contributed by atoms with Crippen molar-refractivity contribution in [1.82, 2.24) is 0 Å². The van der Waals surface area contributed by atoms with E-state index >= 15 is 0 Å². The SMILES string of the molecule is O=C(O)c1cccc(OCCCSc2ccccc2)c1. The largest absolute Gasteiger partial charge is 0.494 e. The van der Waals surface area contributed by atoms with Crippen LogP contribution in [0.5, 0.6) is 5.75 Å². The van der Waals surface area contributed by atoms with Gasteiger partial charge in [-0.2, -0.15) is 0 Å². The van der Waals surface area contributed by atoms with E-state index in [0.717, 1.165) is 12.2 Å². The molecule has 0 atom stereocenters. The number of carboxylic acid groups (broad SMARTS) is 1. The first-order chi connectivity index (χ1) is 9.75. The summed E-state index contributed by atoms with van der Waals surface area (Å²) >= 11 is 1.79. The predicted octanol–water partition coefficient (Wildman–Crippen LogP) is 3.95. The average molecular weight is 288 g/mol. The summed E-state index contributed by atoms with van der Waals surface area (Å²) in [6.45, 7) is 0.586. The fourth-order valence-corrected chi connectivity index (χ4v) is 2.52. The molecule has 0 spiro atoms. The molecule has 0 saturated carbocycles. The Labute approximate surface area is 122 Å². The second-order valence-corrected chi connectivity index (χ2v) is 5.36. The fourth-order valence-electron chi connectivity index (χ4n) is 1.67. The maximum absolute atomic E-state index is 10.8. The summed E-state index contributed by atoms with van der Waals surface area (Å²) in [5.41, 5.74) is 0.251. The molecule has 2 aromatic carbocycles. The van der Waals surface area contributed by atoms with E-state index in [2.05, 4.69) is 12.1 Å². The van der Waals surface area contributed by atoms with Crippen molar-refractivity contribution in [3.05, 3.63) is 60.2 Å². The quantitative estimate of drug-likeness (QED) is 0.619. The van der Waals surface area contributed by atoms with Gasteiger partial charge in [0.25, 0.3) is 0 Å². The van der Waals surface area contributed by atoms with Gasteiger partial charge in [0.1, 0.15) is 5.75 Å². The minimum atomic E-state index is -0.935. The van der Waals surface area contributed by atoms with Crippen LogP contribution >= 0.6 is 11.8 Å². The third-order valence-corrected chi connectivity index (χ3v) is 3.75. The number of ether oxygens (including phenoxy) is 1. The zero-order valence-electron chi connectivity index (χ0n) is 11.0. The van der Waals surface area contributed by atoms with Crippen LogP contribution in [0.15, 0.2) is 59.5 Å². The number of thioether (sulfide) groups is 1. The van der Waals surface area contributed by atoms with Gasteiger partial charge in [0, 0.05) is 10.6 Å². The van der Waals surface area contributed by atoms with Gasteiger partial charge >= 0.3 is 5.97 Å². The summed E-state index contributed by atoms with van der Waals surface area (Å²) in [4.78, 5) is 12.1. The first-order valence-electron chi connectivity index (χ1n) is 6.40.